The molecule has 1 heterocycles. The van der Waals surface area contributed by atoms with Crippen molar-refractivity contribution < 1.29 is 9.53 Å². The van der Waals surface area contributed by atoms with Gasteiger partial charge in [-0.3, -0.25) is 4.79 Å². The highest BCUT2D eigenvalue weighted by Crippen LogP contribution is 2.56. The molecule has 1 aromatic rings. The number of rotatable bonds is 3. The van der Waals surface area contributed by atoms with E-state index >= 15 is 0 Å². The monoisotopic (exact) mass is 286 g/mol. The highest BCUT2D eigenvalue weighted by atomic mass is 16.5. The molecule has 3 unspecified atom stereocenters. The number of carbonyl (C=O) groups is 1. The lowest BCUT2D eigenvalue weighted by molar-refractivity contribution is -0.136. The average Bonchev–Trinajstić information content (AvgIpc) is 3.05. The smallest absolute Gasteiger partial charge is 0.227 e. The van der Waals surface area contributed by atoms with Gasteiger partial charge >= 0.3 is 0 Å². The van der Waals surface area contributed by atoms with Crippen LogP contribution in [0.3, 0.4) is 0 Å². The molecule has 0 aromatic heterocycles. The van der Waals surface area contributed by atoms with Gasteiger partial charge in [0.05, 0.1) is 5.41 Å². The number of ether oxygens (including phenoxy) is 1. The molecule has 0 spiro atoms. The van der Waals surface area contributed by atoms with E-state index in [2.05, 4.69) is 29.6 Å². The predicted molar refractivity (Wildman–Crippen MR) is 79.8 cm³/mol. The topological polar surface area (TPSA) is 64.4 Å². The van der Waals surface area contributed by atoms with Crippen LogP contribution in [-0.4, -0.2) is 31.7 Å². The lowest BCUT2D eigenvalue weighted by Crippen LogP contribution is -2.50. The number of nitrogens with two attached hydrogens (primary N) is 1. The minimum absolute atomic E-state index is 0.144. The molecule has 1 saturated heterocycles. The number of benzene rings is 1. The second-order valence-corrected chi connectivity index (χ2v) is 6.69. The van der Waals surface area contributed by atoms with Crippen LogP contribution < -0.4 is 11.1 Å². The van der Waals surface area contributed by atoms with Crippen LogP contribution in [0.4, 0.5) is 0 Å². The summed E-state index contributed by atoms with van der Waals surface area (Å²) in [4.78, 5) is 12.7. The Kier molecular flexibility index (Phi) is 3.05. The molecule has 2 fully saturated rings. The van der Waals surface area contributed by atoms with E-state index in [0.29, 0.717) is 37.6 Å². The van der Waals surface area contributed by atoms with Crippen LogP contribution in [0.5, 0.6) is 0 Å². The minimum atomic E-state index is -0.408. The third kappa shape index (κ3) is 2.00. The molecule has 0 bridgehead atoms. The minimum Gasteiger partial charge on any atom is -0.381 e. The number of fused-ring (bicyclic) bond motifs is 3. The van der Waals surface area contributed by atoms with E-state index in [4.69, 9.17) is 10.5 Å². The molecule has 4 nitrogen and oxygen atoms in total. The number of carbonyl (C=O) groups excluding carboxylic acids is 1. The van der Waals surface area contributed by atoms with Gasteiger partial charge in [0.15, 0.2) is 0 Å². The van der Waals surface area contributed by atoms with Crippen LogP contribution >= 0.6 is 0 Å². The van der Waals surface area contributed by atoms with Crippen molar-refractivity contribution in [2.75, 3.05) is 19.8 Å². The van der Waals surface area contributed by atoms with Crippen LogP contribution in [0, 0.1) is 11.3 Å². The van der Waals surface area contributed by atoms with E-state index in [1.54, 1.807) is 0 Å². The second-order valence-electron chi connectivity index (χ2n) is 6.69. The Bertz CT molecular complexity index is 566. The summed E-state index contributed by atoms with van der Waals surface area (Å²) >= 11 is 0. The standard InChI is InChI=1S/C17H22N2O2/c18-10-17(5-7-21-8-6-17)16(20)19-15-13-9-11-3-1-2-4-12(11)14(13)15/h1-4,13-15H,5-10,18H2,(H,19,20). The number of amides is 1. The molecule has 112 valence electrons. The Morgan fingerprint density at radius 1 is 1.33 bits per heavy atom. The van der Waals surface area contributed by atoms with E-state index in [9.17, 15) is 4.79 Å². The molecule has 3 atom stereocenters. The van der Waals surface area contributed by atoms with Crippen molar-refractivity contribution in [1.82, 2.24) is 5.32 Å². The van der Waals surface area contributed by atoms with Gasteiger partial charge in [-0.25, -0.2) is 0 Å². The van der Waals surface area contributed by atoms with E-state index in [1.807, 2.05) is 0 Å². The Balaban J connectivity index is 1.46. The van der Waals surface area contributed by atoms with Gasteiger partial charge in [0.1, 0.15) is 0 Å². The zero-order valence-corrected chi connectivity index (χ0v) is 12.2. The Morgan fingerprint density at radius 2 is 2.10 bits per heavy atom. The molecule has 1 aromatic carbocycles. The first kappa shape index (κ1) is 13.3. The first-order valence-electron chi connectivity index (χ1n) is 7.92. The summed E-state index contributed by atoms with van der Waals surface area (Å²) in [6.45, 7) is 1.71. The molecule has 1 saturated carbocycles. The second kappa shape index (κ2) is 4.82. The molecule has 4 heteroatoms. The summed E-state index contributed by atoms with van der Waals surface area (Å²) < 4.78 is 5.38. The van der Waals surface area contributed by atoms with Gasteiger partial charge < -0.3 is 15.8 Å². The lowest BCUT2D eigenvalue weighted by atomic mass is 9.79. The third-order valence-electron chi connectivity index (χ3n) is 5.66. The molecule has 1 aliphatic heterocycles. The van der Waals surface area contributed by atoms with Crippen molar-refractivity contribution in [3.63, 3.8) is 0 Å². The summed E-state index contributed by atoms with van der Waals surface area (Å²) in [5.41, 5.74) is 8.39. The maximum atomic E-state index is 12.7. The Morgan fingerprint density at radius 3 is 2.86 bits per heavy atom. The van der Waals surface area contributed by atoms with Gasteiger partial charge in [-0.05, 0) is 36.3 Å². The van der Waals surface area contributed by atoms with E-state index in [1.165, 1.54) is 11.1 Å². The summed E-state index contributed by atoms with van der Waals surface area (Å²) in [5, 5.41) is 3.28. The van der Waals surface area contributed by atoms with Crippen molar-refractivity contribution in [2.45, 2.75) is 31.2 Å². The normalized spacial score (nSPS) is 32.1. The number of hydrogen-bond acceptors (Lipinski definition) is 3. The highest BCUT2D eigenvalue weighted by molar-refractivity contribution is 5.84. The molecule has 21 heavy (non-hydrogen) atoms. The molecule has 4 rings (SSSR count). The average molecular weight is 286 g/mol. The van der Waals surface area contributed by atoms with E-state index in [0.717, 1.165) is 19.3 Å². The van der Waals surface area contributed by atoms with Crippen LogP contribution in [0.25, 0.3) is 0 Å². The zero-order chi connectivity index (χ0) is 14.4. The zero-order valence-electron chi connectivity index (χ0n) is 12.2. The van der Waals surface area contributed by atoms with Crippen LogP contribution in [0.15, 0.2) is 24.3 Å². The van der Waals surface area contributed by atoms with Crippen LogP contribution in [0.1, 0.15) is 29.9 Å². The molecule has 1 amide bonds. The largest absolute Gasteiger partial charge is 0.381 e. The Labute approximate surface area is 125 Å². The molecule has 0 radical (unpaired) electrons. The van der Waals surface area contributed by atoms with Crippen molar-refractivity contribution in [1.29, 1.82) is 0 Å². The molecule has 3 N–H and O–H groups in total. The van der Waals surface area contributed by atoms with Gasteiger partial charge in [0, 0.05) is 31.7 Å². The maximum absolute atomic E-state index is 12.7. The van der Waals surface area contributed by atoms with Crippen molar-refractivity contribution in [3.05, 3.63) is 35.4 Å². The fourth-order valence-corrected chi connectivity index (χ4v) is 4.14. The SMILES string of the molecule is NCC1(C(=O)NC2C3Cc4ccccc4C32)CCOCC1. The van der Waals surface area contributed by atoms with Gasteiger partial charge in [-0.15, -0.1) is 0 Å². The van der Waals surface area contributed by atoms with E-state index in [-0.39, 0.29) is 5.91 Å². The summed E-state index contributed by atoms with van der Waals surface area (Å²) in [7, 11) is 0. The molecule has 2 aliphatic carbocycles. The lowest BCUT2D eigenvalue weighted by Gasteiger charge is -2.34. The first-order chi connectivity index (χ1) is 10.2. The molecular weight excluding hydrogens is 264 g/mol. The predicted octanol–water partition coefficient (Wildman–Crippen LogP) is 1.20. The summed E-state index contributed by atoms with van der Waals surface area (Å²) in [6, 6.07) is 8.93. The van der Waals surface area contributed by atoms with Crippen molar-refractivity contribution in [3.8, 4) is 0 Å². The summed E-state index contributed by atoms with van der Waals surface area (Å²) in [6.07, 6.45) is 2.59. The number of nitrogens with one attached hydrogen (secondary N) is 1. The molecular formula is C17H22N2O2. The third-order valence-corrected chi connectivity index (χ3v) is 5.66. The van der Waals surface area contributed by atoms with Gasteiger partial charge in [-0.2, -0.15) is 0 Å². The van der Waals surface area contributed by atoms with E-state index < -0.39 is 5.41 Å². The van der Waals surface area contributed by atoms with Gasteiger partial charge in [-0.1, -0.05) is 24.3 Å². The van der Waals surface area contributed by atoms with Gasteiger partial charge in [0.2, 0.25) is 5.91 Å². The van der Waals surface area contributed by atoms with Crippen molar-refractivity contribution in [2.24, 2.45) is 17.1 Å². The fraction of sp³-hybridized carbons (Fsp3) is 0.588. The highest BCUT2D eigenvalue weighted by Gasteiger charge is 2.57. The summed E-state index contributed by atoms with van der Waals surface area (Å²) in [5.74, 6) is 1.27. The Hall–Kier alpha value is -1.39. The number of hydrogen-bond donors (Lipinski definition) is 2. The quantitative estimate of drug-likeness (QED) is 0.877. The molecule has 3 aliphatic rings. The van der Waals surface area contributed by atoms with Crippen LogP contribution in [-0.2, 0) is 16.0 Å². The van der Waals surface area contributed by atoms with Crippen LogP contribution in [0.2, 0.25) is 0 Å². The van der Waals surface area contributed by atoms with Crippen molar-refractivity contribution >= 4 is 5.91 Å². The first-order valence-corrected chi connectivity index (χ1v) is 7.92. The fourth-order valence-electron chi connectivity index (χ4n) is 4.14. The van der Waals surface area contributed by atoms with Gasteiger partial charge in [0.25, 0.3) is 0 Å². The maximum Gasteiger partial charge on any atom is 0.227 e.